The van der Waals surface area contributed by atoms with Gasteiger partial charge in [0.05, 0.1) is 12.7 Å². The first-order valence-corrected chi connectivity index (χ1v) is 7.24. The summed E-state index contributed by atoms with van der Waals surface area (Å²) < 4.78 is 5.57. The summed E-state index contributed by atoms with van der Waals surface area (Å²) in [7, 11) is 0. The van der Waals surface area contributed by atoms with Gasteiger partial charge in [0.25, 0.3) is 0 Å². The molecule has 0 bridgehead atoms. The molecule has 2 aromatic rings. The Labute approximate surface area is 134 Å². The number of carboxylic acids is 1. The second-order valence-electron chi connectivity index (χ2n) is 5.31. The molecule has 0 aliphatic heterocycles. The standard InChI is InChI=1S/C18H19NO4/c1-13(23-12-14-8-4-2-5-9-14)18(19,17(21)22)16(20)15-10-6-3-7-11-15/h2-11,13H,12,19H2,1H3,(H,21,22)/t13-,18-/m1/s1. The third-order valence-electron chi connectivity index (χ3n) is 3.75. The van der Waals surface area contributed by atoms with Crippen molar-refractivity contribution in [2.24, 2.45) is 5.73 Å². The maximum atomic E-state index is 12.6. The highest BCUT2D eigenvalue weighted by Gasteiger charge is 2.48. The molecule has 3 N–H and O–H groups in total. The van der Waals surface area contributed by atoms with Crippen LogP contribution in [0.15, 0.2) is 60.7 Å². The van der Waals surface area contributed by atoms with Crippen LogP contribution in [0.3, 0.4) is 0 Å². The highest BCUT2D eigenvalue weighted by atomic mass is 16.5. The van der Waals surface area contributed by atoms with Gasteiger partial charge in [-0.25, -0.2) is 4.79 Å². The van der Waals surface area contributed by atoms with Gasteiger partial charge in [0.1, 0.15) is 0 Å². The van der Waals surface area contributed by atoms with Gasteiger partial charge in [-0.2, -0.15) is 0 Å². The second kappa shape index (κ2) is 7.17. The largest absolute Gasteiger partial charge is 0.479 e. The van der Waals surface area contributed by atoms with Crippen molar-refractivity contribution < 1.29 is 19.4 Å². The van der Waals surface area contributed by atoms with Gasteiger partial charge >= 0.3 is 5.97 Å². The Kier molecular flexibility index (Phi) is 5.26. The van der Waals surface area contributed by atoms with E-state index in [1.54, 1.807) is 18.2 Å². The lowest BCUT2D eigenvalue weighted by molar-refractivity contribution is -0.146. The predicted octanol–water partition coefficient (Wildman–Crippen LogP) is 2.26. The normalized spacial score (nSPS) is 14.7. The Morgan fingerprint density at radius 2 is 1.61 bits per heavy atom. The van der Waals surface area contributed by atoms with Gasteiger partial charge in [-0.15, -0.1) is 0 Å². The van der Waals surface area contributed by atoms with E-state index >= 15 is 0 Å². The number of carbonyl (C=O) groups excluding carboxylic acids is 1. The lowest BCUT2D eigenvalue weighted by Crippen LogP contribution is -2.62. The minimum absolute atomic E-state index is 0.177. The van der Waals surface area contributed by atoms with Crippen LogP contribution < -0.4 is 5.73 Å². The van der Waals surface area contributed by atoms with Crippen molar-refractivity contribution in [2.75, 3.05) is 0 Å². The fraction of sp³-hybridized carbons (Fsp3) is 0.222. The molecule has 5 heteroatoms. The molecule has 0 aliphatic carbocycles. The summed E-state index contributed by atoms with van der Waals surface area (Å²) >= 11 is 0. The van der Waals surface area contributed by atoms with Crippen LogP contribution >= 0.6 is 0 Å². The highest BCUT2D eigenvalue weighted by Crippen LogP contribution is 2.20. The summed E-state index contributed by atoms with van der Waals surface area (Å²) in [5.74, 6) is -2.09. The molecule has 0 aliphatic rings. The SMILES string of the molecule is C[C@@H](OCc1ccccc1)[C@](N)(C(=O)O)C(=O)c1ccccc1. The molecule has 0 saturated carbocycles. The van der Waals surface area contributed by atoms with E-state index in [2.05, 4.69) is 0 Å². The molecule has 0 fully saturated rings. The van der Waals surface area contributed by atoms with Crippen LogP contribution in [-0.4, -0.2) is 28.5 Å². The summed E-state index contributed by atoms with van der Waals surface area (Å²) in [5, 5.41) is 9.51. The first-order valence-electron chi connectivity index (χ1n) is 7.24. The van der Waals surface area contributed by atoms with Gasteiger partial charge < -0.3 is 15.6 Å². The minimum Gasteiger partial charge on any atom is -0.479 e. The summed E-state index contributed by atoms with van der Waals surface area (Å²) in [6.07, 6.45) is -0.993. The number of ether oxygens (including phenoxy) is 1. The number of hydrogen-bond donors (Lipinski definition) is 2. The predicted molar refractivity (Wildman–Crippen MR) is 86.0 cm³/mol. The fourth-order valence-electron chi connectivity index (χ4n) is 2.21. The van der Waals surface area contributed by atoms with Gasteiger partial charge in [0.15, 0.2) is 5.78 Å². The number of benzene rings is 2. The summed E-state index contributed by atoms with van der Waals surface area (Å²) in [6, 6.07) is 17.4. The van der Waals surface area contributed by atoms with E-state index in [0.29, 0.717) is 0 Å². The van der Waals surface area contributed by atoms with E-state index in [-0.39, 0.29) is 12.2 Å². The van der Waals surface area contributed by atoms with Crippen molar-refractivity contribution in [1.29, 1.82) is 0 Å². The van der Waals surface area contributed by atoms with Gasteiger partial charge in [0.2, 0.25) is 5.54 Å². The summed E-state index contributed by atoms with van der Waals surface area (Å²) in [6.45, 7) is 1.67. The molecule has 0 amide bonds. The molecular weight excluding hydrogens is 294 g/mol. The molecule has 0 saturated heterocycles. The number of aliphatic carboxylic acids is 1. The number of ketones is 1. The van der Waals surface area contributed by atoms with E-state index in [1.165, 1.54) is 19.1 Å². The van der Waals surface area contributed by atoms with E-state index in [1.807, 2.05) is 30.3 Å². The monoisotopic (exact) mass is 313 g/mol. The summed E-state index contributed by atoms with van der Waals surface area (Å²) in [4.78, 5) is 24.2. The lowest BCUT2D eigenvalue weighted by Gasteiger charge is -2.29. The molecule has 5 nitrogen and oxygen atoms in total. The van der Waals surface area contributed by atoms with Crippen molar-refractivity contribution in [2.45, 2.75) is 25.2 Å². The molecule has 0 radical (unpaired) electrons. The third-order valence-corrected chi connectivity index (χ3v) is 3.75. The van der Waals surface area contributed by atoms with Crippen LogP contribution in [0, 0.1) is 0 Å². The molecule has 2 rings (SSSR count). The summed E-state index contributed by atoms with van der Waals surface area (Å²) in [5.41, 5.74) is 4.92. The molecule has 0 aromatic heterocycles. The quantitative estimate of drug-likeness (QED) is 0.604. The Morgan fingerprint density at radius 3 is 2.13 bits per heavy atom. The maximum absolute atomic E-state index is 12.6. The molecule has 0 spiro atoms. The topological polar surface area (TPSA) is 89.6 Å². The van der Waals surface area contributed by atoms with Crippen molar-refractivity contribution >= 4 is 11.8 Å². The number of carboxylic acid groups (broad SMARTS) is 1. The van der Waals surface area contributed by atoms with Crippen LogP contribution in [0.1, 0.15) is 22.8 Å². The van der Waals surface area contributed by atoms with Gasteiger partial charge in [-0.3, -0.25) is 4.79 Å². The molecule has 2 atom stereocenters. The molecule has 120 valence electrons. The van der Waals surface area contributed by atoms with Crippen LogP contribution in [-0.2, 0) is 16.1 Å². The van der Waals surface area contributed by atoms with Gasteiger partial charge in [-0.05, 0) is 12.5 Å². The molecule has 2 aromatic carbocycles. The van der Waals surface area contributed by atoms with Crippen molar-refractivity contribution in [3.05, 3.63) is 71.8 Å². The Balaban J connectivity index is 2.19. The number of rotatable bonds is 7. The zero-order valence-corrected chi connectivity index (χ0v) is 12.8. The fourth-order valence-corrected chi connectivity index (χ4v) is 2.21. The van der Waals surface area contributed by atoms with Crippen LogP contribution in [0.5, 0.6) is 0 Å². The highest BCUT2D eigenvalue weighted by molar-refractivity contribution is 6.16. The Bertz CT molecular complexity index is 672. The van der Waals surface area contributed by atoms with E-state index in [9.17, 15) is 14.7 Å². The first kappa shape index (κ1) is 16.9. The molecular formula is C18H19NO4. The van der Waals surface area contributed by atoms with E-state index < -0.39 is 23.4 Å². The average molecular weight is 313 g/mol. The zero-order chi connectivity index (χ0) is 16.9. The second-order valence-corrected chi connectivity index (χ2v) is 5.31. The number of Topliss-reactive ketones (excluding diaryl/α,β-unsaturated/α-hetero) is 1. The maximum Gasteiger partial charge on any atom is 0.334 e. The van der Waals surface area contributed by atoms with Crippen molar-refractivity contribution in [3.63, 3.8) is 0 Å². The molecule has 23 heavy (non-hydrogen) atoms. The minimum atomic E-state index is -2.14. The first-order chi connectivity index (χ1) is 11.0. The number of nitrogens with two attached hydrogens (primary N) is 1. The Morgan fingerprint density at radius 1 is 1.09 bits per heavy atom. The smallest absolute Gasteiger partial charge is 0.334 e. The van der Waals surface area contributed by atoms with E-state index in [0.717, 1.165) is 5.56 Å². The van der Waals surface area contributed by atoms with Crippen molar-refractivity contribution in [1.82, 2.24) is 0 Å². The molecule has 0 unspecified atom stereocenters. The average Bonchev–Trinajstić information content (AvgIpc) is 2.59. The van der Waals surface area contributed by atoms with Crippen LogP contribution in [0.2, 0.25) is 0 Å². The van der Waals surface area contributed by atoms with Crippen molar-refractivity contribution in [3.8, 4) is 0 Å². The molecule has 0 heterocycles. The number of carbonyl (C=O) groups is 2. The lowest BCUT2D eigenvalue weighted by atomic mass is 9.85. The van der Waals surface area contributed by atoms with Crippen LogP contribution in [0.25, 0.3) is 0 Å². The Hall–Kier alpha value is -2.50. The third kappa shape index (κ3) is 3.64. The van der Waals surface area contributed by atoms with Gasteiger partial charge in [0, 0.05) is 5.56 Å². The number of hydrogen-bond acceptors (Lipinski definition) is 4. The zero-order valence-electron chi connectivity index (χ0n) is 12.8. The van der Waals surface area contributed by atoms with E-state index in [4.69, 9.17) is 10.5 Å². The van der Waals surface area contributed by atoms with Crippen LogP contribution in [0.4, 0.5) is 0 Å². The van der Waals surface area contributed by atoms with Gasteiger partial charge in [-0.1, -0.05) is 60.7 Å².